The minimum Gasteiger partial charge on any atom is -0.464 e. The summed E-state index contributed by atoms with van der Waals surface area (Å²) < 4.78 is 45.2. The van der Waals surface area contributed by atoms with Gasteiger partial charge in [0.15, 0.2) is 6.10 Å². The fourth-order valence-corrected chi connectivity index (χ4v) is 8.25. The minimum absolute atomic E-state index is 0.0524. The van der Waals surface area contributed by atoms with Crippen molar-refractivity contribution >= 4 is 25.2 Å². The lowest BCUT2D eigenvalue weighted by Crippen LogP contribution is -2.44. The summed E-state index contributed by atoms with van der Waals surface area (Å²) in [6.45, 7) is 7.37. The lowest BCUT2D eigenvalue weighted by Gasteiger charge is -2.27. The number of esters is 2. The van der Waals surface area contributed by atoms with E-state index in [2.05, 4.69) is 31.3 Å². The molecule has 0 saturated carbocycles. The van der Waals surface area contributed by atoms with E-state index in [0.717, 1.165) is 64.2 Å². The van der Waals surface area contributed by atoms with Crippen LogP contribution in [0.15, 0.2) is 53.9 Å². The Labute approximate surface area is 340 Å². The number of benzene rings is 1. The van der Waals surface area contributed by atoms with Crippen LogP contribution in [0.3, 0.4) is 0 Å². The van der Waals surface area contributed by atoms with Crippen molar-refractivity contribution in [1.29, 1.82) is 5.26 Å². The number of ether oxygens (including phenoxy) is 3. The highest BCUT2D eigenvalue weighted by Gasteiger charge is 2.60. The summed E-state index contributed by atoms with van der Waals surface area (Å²) in [6.07, 6.45) is 6.93. The fraction of sp³-hybridized carbons (Fsp3) is 0.625. The molecule has 18 heteroatoms. The largest absolute Gasteiger partial charge is 0.464 e. The number of nitrogens with zero attached hydrogens (tertiary/aromatic N) is 7. The summed E-state index contributed by atoms with van der Waals surface area (Å²) in [5.41, 5.74) is 7.67. The van der Waals surface area contributed by atoms with Gasteiger partial charge in [-0.05, 0) is 62.4 Å². The van der Waals surface area contributed by atoms with Gasteiger partial charge >= 0.3 is 19.7 Å². The second-order valence-corrected chi connectivity index (χ2v) is 16.2. The number of carbonyl (C=O) groups excluding carboxylic acids is 2. The van der Waals surface area contributed by atoms with Gasteiger partial charge in [0.25, 0.3) is 0 Å². The maximum absolute atomic E-state index is 14.3. The van der Waals surface area contributed by atoms with Crippen molar-refractivity contribution in [2.45, 2.75) is 135 Å². The molecule has 6 atom stereocenters. The van der Waals surface area contributed by atoms with Gasteiger partial charge in [-0.3, -0.25) is 14.1 Å². The van der Waals surface area contributed by atoms with Gasteiger partial charge in [0.05, 0.1) is 30.1 Å². The second-order valence-electron chi connectivity index (χ2n) is 14.5. The maximum atomic E-state index is 14.3. The number of hydrogen-bond donors (Lipinski definition) is 2. The van der Waals surface area contributed by atoms with Crippen LogP contribution in [-0.4, -0.2) is 75.8 Å². The molecule has 0 aliphatic carbocycles. The van der Waals surface area contributed by atoms with E-state index in [1.165, 1.54) is 17.8 Å². The monoisotopic (exact) mass is 824 g/mol. The van der Waals surface area contributed by atoms with Crippen LogP contribution in [0.2, 0.25) is 0 Å². The molecule has 1 aliphatic heterocycles. The van der Waals surface area contributed by atoms with Crippen molar-refractivity contribution in [2.75, 3.05) is 19.8 Å². The number of nitriles is 1. The number of azide groups is 1. The molecule has 0 spiro atoms. The molecule has 2 N–H and O–H groups in total. The standard InChI is InChI=1S/C40H57N8O9P/c1-5-31(6-2)25-53-39(51)30(4)46-58(52,57-32-19-15-14-16-20-32)54-26-34-37(50)38(40(27-41,56-34)35-23-22-33-29(3)43-28-45-48(33)35)55-36(49)21-17-12-10-8-7-9-11-13-18-24-44-47-42/h14-16,19-20,22-23,28,30-31,34,37-38,50H,5-13,17-18,21,24-26H2,1-4H3,(H,46,52)/t30-,34-,37-,38-,40+,58?/m1/s1. The van der Waals surface area contributed by atoms with E-state index in [1.54, 1.807) is 49.4 Å². The molecule has 1 aromatic carbocycles. The molecule has 1 saturated heterocycles. The second kappa shape index (κ2) is 23.1. The van der Waals surface area contributed by atoms with Gasteiger partial charge in [0, 0.05) is 17.9 Å². The summed E-state index contributed by atoms with van der Waals surface area (Å²) in [4.78, 5) is 33.3. The molecule has 1 aliphatic rings. The molecule has 0 amide bonds. The predicted octanol–water partition coefficient (Wildman–Crippen LogP) is 7.80. The predicted molar refractivity (Wildman–Crippen MR) is 214 cm³/mol. The first-order valence-corrected chi connectivity index (χ1v) is 21.8. The van der Waals surface area contributed by atoms with Crippen LogP contribution in [0.25, 0.3) is 16.0 Å². The number of aliphatic hydroxyl groups is 1. The molecule has 17 nitrogen and oxygen atoms in total. The topological polar surface area (TPSA) is 232 Å². The number of aliphatic hydroxyl groups excluding tert-OH is 1. The van der Waals surface area contributed by atoms with Crippen molar-refractivity contribution in [2.24, 2.45) is 11.0 Å². The van der Waals surface area contributed by atoms with Crippen molar-refractivity contribution < 1.29 is 42.5 Å². The van der Waals surface area contributed by atoms with Crippen molar-refractivity contribution in [3.63, 3.8) is 0 Å². The zero-order valence-corrected chi connectivity index (χ0v) is 34.8. The highest BCUT2D eigenvalue weighted by atomic mass is 31.2. The van der Waals surface area contributed by atoms with Gasteiger partial charge in [-0.25, -0.2) is 14.1 Å². The van der Waals surface area contributed by atoms with Gasteiger partial charge in [-0.2, -0.15) is 15.4 Å². The third-order valence-corrected chi connectivity index (χ3v) is 11.9. The van der Waals surface area contributed by atoms with Gasteiger partial charge in [0.1, 0.15) is 36.4 Å². The molecule has 58 heavy (non-hydrogen) atoms. The van der Waals surface area contributed by atoms with E-state index < -0.39 is 56.2 Å². The third kappa shape index (κ3) is 12.7. The highest BCUT2D eigenvalue weighted by molar-refractivity contribution is 7.52. The van der Waals surface area contributed by atoms with Gasteiger partial charge in [-0.1, -0.05) is 94.9 Å². The third-order valence-electron chi connectivity index (χ3n) is 10.3. The van der Waals surface area contributed by atoms with Gasteiger partial charge < -0.3 is 23.8 Å². The van der Waals surface area contributed by atoms with Crippen LogP contribution in [-0.2, 0) is 38.5 Å². The average Bonchev–Trinajstić information content (AvgIpc) is 3.78. The molecule has 316 valence electrons. The smallest absolute Gasteiger partial charge is 0.459 e. The zero-order valence-electron chi connectivity index (χ0n) is 33.9. The fourth-order valence-electron chi connectivity index (χ4n) is 6.74. The molecule has 4 rings (SSSR count). The first kappa shape index (κ1) is 46.1. The Morgan fingerprint density at radius 1 is 1.09 bits per heavy atom. The Balaban J connectivity index is 1.47. The van der Waals surface area contributed by atoms with Gasteiger partial charge in [0.2, 0.25) is 5.60 Å². The lowest BCUT2D eigenvalue weighted by atomic mass is 9.92. The SMILES string of the molecule is CCC(CC)COC(=O)[C@@H](C)NP(=O)(OC[C@H]1O[C@@](C#N)(c2ccc3c(C)ncnn23)[C@H](OC(=O)CCCCCCCCCCCN=[N+]=[N-])[C@@H]1O)Oc1ccccc1. The number of unbranched alkanes of at least 4 members (excludes halogenated alkanes) is 8. The molecular formula is C40H57N8O9P. The number of nitrogens with one attached hydrogen (secondary N) is 1. The number of hydrogen-bond acceptors (Lipinski definition) is 13. The van der Waals surface area contributed by atoms with Crippen molar-refractivity contribution in [1.82, 2.24) is 19.7 Å². The van der Waals surface area contributed by atoms with E-state index in [-0.39, 0.29) is 30.4 Å². The van der Waals surface area contributed by atoms with Crippen molar-refractivity contribution in [3.8, 4) is 11.8 Å². The normalized spacial score (nSPS) is 20.5. The molecule has 1 fully saturated rings. The quantitative estimate of drug-likeness (QED) is 0.0197. The van der Waals surface area contributed by atoms with Crippen LogP contribution in [0.4, 0.5) is 0 Å². The van der Waals surface area contributed by atoms with E-state index in [0.29, 0.717) is 24.2 Å². The Hall–Kier alpha value is -4.55. The molecule has 3 aromatic rings. The number of carbonyl (C=O) groups is 2. The number of aryl methyl sites for hydroxylation is 1. The first-order chi connectivity index (χ1) is 28.0. The number of rotatable bonds is 26. The Morgan fingerprint density at radius 2 is 1.76 bits per heavy atom. The molecule has 0 bridgehead atoms. The summed E-state index contributed by atoms with van der Waals surface area (Å²) in [6, 6.07) is 12.5. The zero-order chi connectivity index (χ0) is 42.0. The first-order valence-electron chi connectivity index (χ1n) is 20.2. The summed E-state index contributed by atoms with van der Waals surface area (Å²) in [7, 11) is -4.41. The number of para-hydroxylation sites is 1. The highest BCUT2D eigenvalue weighted by Crippen LogP contribution is 2.48. The van der Waals surface area contributed by atoms with Crippen LogP contribution in [0, 0.1) is 24.2 Å². The van der Waals surface area contributed by atoms with Crippen LogP contribution >= 0.6 is 7.75 Å². The Morgan fingerprint density at radius 3 is 2.41 bits per heavy atom. The molecule has 0 radical (unpaired) electrons. The molecule has 3 heterocycles. The minimum atomic E-state index is -4.41. The molecule has 2 aromatic heterocycles. The van der Waals surface area contributed by atoms with Crippen LogP contribution in [0.1, 0.15) is 109 Å². The van der Waals surface area contributed by atoms with Crippen LogP contribution in [0.5, 0.6) is 5.75 Å². The molecule has 1 unspecified atom stereocenters. The number of aromatic nitrogens is 3. The van der Waals surface area contributed by atoms with E-state index in [9.17, 15) is 24.5 Å². The van der Waals surface area contributed by atoms with Crippen molar-refractivity contribution in [3.05, 3.63) is 70.6 Å². The van der Waals surface area contributed by atoms with Crippen LogP contribution < -0.4 is 9.61 Å². The Kier molecular flexibility index (Phi) is 18.4. The summed E-state index contributed by atoms with van der Waals surface area (Å²) in [5.74, 6) is -0.935. The van der Waals surface area contributed by atoms with Gasteiger partial charge in [-0.15, -0.1) is 0 Å². The summed E-state index contributed by atoms with van der Waals surface area (Å²) in [5, 5.41) is 33.1. The van der Waals surface area contributed by atoms with E-state index in [4.69, 9.17) is 28.8 Å². The van der Waals surface area contributed by atoms with E-state index in [1.807, 2.05) is 13.8 Å². The average molecular weight is 825 g/mol. The summed E-state index contributed by atoms with van der Waals surface area (Å²) >= 11 is 0. The lowest BCUT2D eigenvalue weighted by molar-refractivity contribution is -0.160. The molecular weight excluding hydrogens is 767 g/mol. The van der Waals surface area contributed by atoms with E-state index >= 15 is 0 Å². The maximum Gasteiger partial charge on any atom is 0.459 e. The number of fused-ring (bicyclic) bond motifs is 1. The Bertz CT molecular complexity index is 1900.